The van der Waals surface area contributed by atoms with Crippen LogP contribution in [0.4, 0.5) is 0 Å². The summed E-state index contributed by atoms with van der Waals surface area (Å²) in [5.74, 6) is -1.16. The molecule has 9 heteroatoms. The lowest BCUT2D eigenvalue weighted by atomic mass is 10.1. The minimum atomic E-state index is -4.77. The highest BCUT2D eigenvalue weighted by atomic mass is 31.2. The number of rotatable bonds is 34. The molecule has 0 bridgehead atoms. The highest BCUT2D eigenvalue weighted by Crippen LogP contribution is 2.35. The molecule has 0 radical (unpaired) electrons. The first kappa shape index (κ1) is 46.0. The Labute approximate surface area is 293 Å². The number of carbonyl (C=O) groups is 2. The molecule has 48 heavy (non-hydrogen) atoms. The topological polar surface area (TPSA) is 119 Å². The van der Waals surface area contributed by atoms with Gasteiger partial charge in [-0.1, -0.05) is 153 Å². The summed E-state index contributed by atoms with van der Waals surface area (Å²) < 4.78 is 26.1. The molecule has 0 aliphatic carbocycles. The molecule has 0 saturated heterocycles. The van der Waals surface area contributed by atoms with Crippen molar-refractivity contribution in [3.05, 3.63) is 48.6 Å². The molecule has 0 amide bonds. The van der Waals surface area contributed by atoms with E-state index in [-0.39, 0.29) is 13.0 Å². The maximum Gasteiger partial charge on any atom is 0.469 e. The monoisotopic (exact) mass is 696 g/mol. The summed E-state index contributed by atoms with van der Waals surface area (Å²) in [5, 5.41) is 0. The third-order valence-corrected chi connectivity index (χ3v) is 8.41. The van der Waals surface area contributed by atoms with Gasteiger partial charge in [-0.15, -0.1) is 0 Å². The summed E-state index contributed by atoms with van der Waals surface area (Å²) in [6.07, 6.45) is 41.7. The first-order chi connectivity index (χ1) is 23.3. The van der Waals surface area contributed by atoms with E-state index in [1.54, 1.807) is 12.2 Å². The van der Waals surface area contributed by atoms with Crippen LogP contribution in [0.2, 0.25) is 0 Å². The Morgan fingerprint density at radius 3 is 1.65 bits per heavy atom. The molecule has 8 nitrogen and oxygen atoms in total. The van der Waals surface area contributed by atoms with Crippen LogP contribution >= 0.6 is 7.82 Å². The van der Waals surface area contributed by atoms with Gasteiger partial charge in [0.2, 0.25) is 0 Å². The van der Waals surface area contributed by atoms with Crippen molar-refractivity contribution >= 4 is 19.8 Å². The molecule has 0 spiro atoms. The van der Waals surface area contributed by atoms with Gasteiger partial charge in [-0.2, -0.15) is 0 Å². The molecule has 0 aromatic heterocycles. The molecular formula is C39H69O8P. The van der Waals surface area contributed by atoms with Crippen molar-refractivity contribution in [1.82, 2.24) is 0 Å². The van der Waals surface area contributed by atoms with Crippen molar-refractivity contribution in [3.63, 3.8) is 0 Å². The van der Waals surface area contributed by atoms with Crippen LogP contribution in [0.1, 0.15) is 168 Å². The maximum atomic E-state index is 12.3. The second-order valence-electron chi connectivity index (χ2n) is 12.6. The van der Waals surface area contributed by atoms with Crippen LogP contribution in [0.5, 0.6) is 0 Å². The Balaban J connectivity index is 4.10. The molecule has 0 unspecified atom stereocenters. The van der Waals surface area contributed by atoms with E-state index in [2.05, 4.69) is 42.7 Å². The number of phosphoric ester groups is 1. The lowest BCUT2D eigenvalue weighted by Gasteiger charge is -2.18. The molecule has 2 N–H and O–H groups in total. The largest absolute Gasteiger partial charge is 0.469 e. The zero-order valence-corrected chi connectivity index (χ0v) is 31.3. The predicted octanol–water partition coefficient (Wildman–Crippen LogP) is 11.2. The van der Waals surface area contributed by atoms with Crippen molar-refractivity contribution in [1.29, 1.82) is 0 Å². The van der Waals surface area contributed by atoms with Crippen molar-refractivity contribution < 1.29 is 37.9 Å². The van der Waals surface area contributed by atoms with Gasteiger partial charge in [0.1, 0.15) is 6.61 Å². The Kier molecular flexibility index (Phi) is 33.4. The summed E-state index contributed by atoms with van der Waals surface area (Å²) in [6.45, 7) is 3.53. The summed E-state index contributed by atoms with van der Waals surface area (Å²) in [6, 6.07) is 0. The number of carbonyl (C=O) groups excluding carboxylic acids is 2. The van der Waals surface area contributed by atoms with Gasteiger partial charge in [-0.05, 0) is 51.4 Å². The quantitative estimate of drug-likeness (QED) is 0.0170. The second-order valence-corrected chi connectivity index (χ2v) is 13.9. The summed E-state index contributed by atoms with van der Waals surface area (Å²) >= 11 is 0. The van der Waals surface area contributed by atoms with E-state index >= 15 is 0 Å². The SMILES string of the molecule is CCCCC/C=C/C/C=C/CCCCCCCC(=O)O[C@H](COC(=O)/C=C/C=C/CCCCCCCCCCCCC)COP(=O)(O)O. The van der Waals surface area contributed by atoms with E-state index in [4.69, 9.17) is 19.3 Å². The summed E-state index contributed by atoms with van der Waals surface area (Å²) in [7, 11) is -4.77. The van der Waals surface area contributed by atoms with Crippen LogP contribution in [0.3, 0.4) is 0 Å². The van der Waals surface area contributed by atoms with Crippen molar-refractivity contribution in [2.24, 2.45) is 0 Å². The molecule has 0 aromatic carbocycles. The normalized spacial score (nSPS) is 13.0. The highest BCUT2D eigenvalue weighted by Gasteiger charge is 2.22. The van der Waals surface area contributed by atoms with Crippen molar-refractivity contribution in [2.45, 2.75) is 174 Å². The minimum absolute atomic E-state index is 0.175. The second kappa shape index (κ2) is 34.9. The van der Waals surface area contributed by atoms with Gasteiger partial charge in [0.05, 0.1) is 6.61 Å². The van der Waals surface area contributed by atoms with Gasteiger partial charge >= 0.3 is 19.8 Å². The molecule has 0 aliphatic heterocycles. The van der Waals surface area contributed by atoms with Gasteiger partial charge in [0.15, 0.2) is 6.10 Å². The van der Waals surface area contributed by atoms with Crippen LogP contribution in [-0.4, -0.2) is 41.0 Å². The standard InChI is InChI=1S/C39H69O8P/c1-3-5-7-9-11-13-15-17-19-21-23-25-27-29-31-33-38(40)45-35-37(36-46-48(42,43)44)47-39(41)34-32-30-28-26-24-22-20-18-16-14-12-10-8-6-4-2/h12,14,18,20,27,29,31,33,37H,3-11,13,15-17,19,21-26,28,30,32,34-36H2,1-2H3,(H2,42,43,44)/b14-12+,20-18+,29-27+,33-31+/t37-/m1/s1. The third-order valence-electron chi connectivity index (χ3n) is 7.92. The summed E-state index contributed by atoms with van der Waals surface area (Å²) in [5.41, 5.74) is 0. The maximum absolute atomic E-state index is 12.3. The molecule has 0 heterocycles. The number of hydrogen-bond donors (Lipinski definition) is 2. The number of ether oxygens (including phenoxy) is 2. The molecule has 0 rings (SSSR count). The molecule has 0 fully saturated rings. The number of unbranched alkanes of at least 4 members (excludes halogenated alkanes) is 19. The molecule has 1 atom stereocenters. The minimum Gasteiger partial charge on any atom is -0.458 e. The smallest absolute Gasteiger partial charge is 0.458 e. The van der Waals surface area contributed by atoms with Crippen molar-refractivity contribution in [2.75, 3.05) is 13.2 Å². The highest BCUT2D eigenvalue weighted by molar-refractivity contribution is 7.46. The van der Waals surface area contributed by atoms with E-state index in [1.807, 2.05) is 6.08 Å². The Morgan fingerprint density at radius 1 is 0.604 bits per heavy atom. The number of allylic oxidation sites excluding steroid dienone is 7. The first-order valence-corrected chi connectivity index (χ1v) is 20.5. The van der Waals surface area contributed by atoms with E-state index in [9.17, 15) is 14.2 Å². The van der Waals surface area contributed by atoms with E-state index in [0.29, 0.717) is 6.42 Å². The molecule has 0 aliphatic rings. The van der Waals surface area contributed by atoms with E-state index < -0.39 is 32.5 Å². The third kappa shape index (κ3) is 36.8. The number of esters is 2. The molecular weight excluding hydrogens is 627 g/mol. The zero-order valence-electron chi connectivity index (χ0n) is 30.4. The van der Waals surface area contributed by atoms with E-state index in [1.165, 1.54) is 96.0 Å². The fourth-order valence-corrected chi connectivity index (χ4v) is 5.44. The number of phosphoric acid groups is 1. The van der Waals surface area contributed by atoms with Gasteiger partial charge in [0, 0.05) is 12.5 Å². The van der Waals surface area contributed by atoms with E-state index in [0.717, 1.165) is 51.4 Å². The zero-order chi connectivity index (χ0) is 35.4. The van der Waals surface area contributed by atoms with Crippen LogP contribution in [0.25, 0.3) is 0 Å². The van der Waals surface area contributed by atoms with Crippen LogP contribution in [0, 0.1) is 0 Å². The predicted molar refractivity (Wildman–Crippen MR) is 198 cm³/mol. The van der Waals surface area contributed by atoms with Gasteiger partial charge < -0.3 is 19.3 Å². The van der Waals surface area contributed by atoms with Crippen LogP contribution < -0.4 is 0 Å². The fourth-order valence-electron chi connectivity index (χ4n) is 5.08. The average Bonchev–Trinajstić information content (AvgIpc) is 3.05. The van der Waals surface area contributed by atoms with Crippen LogP contribution in [-0.2, 0) is 28.2 Å². The molecule has 278 valence electrons. The lowest BCUT2D eigenvalue weighted by Crippen LogP contribution is -2.29. The van der Waals surface area contributed by atoms with Gasteiger partial charge in [-0.3, -0.25) is 9.32 Å². The van der Waals surface area contributed by atoms with Crippen LogP contribution in [0.15, 0.2) is 48.6 Å². The van der Waals surface area contributed by atoms with Crippen molar-refractivity contribution in [3.8, 4) is 0 Å². The van der Waals surface area contributed by atoms with Gasteiger partial charge in [0.25, 0.3) is 0 Å². The Hall–Kier alpha value is -1.99. The summed E-state index contributed by atoms with van der Waals surface area (Å²) in [4.78, 5) is 42.5. The Morgan fingerprint density at radius 2 is 1.08 bits per heavy atom. The fraction of sp³-hybridized carbons (Fsp3) is 0.744. The Bertz CT molecular complexity index is 921. The van der Waals surface area contributed by atoms with Gasteiger partial charge in [-0.25, -0.2) is 9.36 Å². The lowest BCUT2D eigenvalue weighted by molar-refractivity contribution is -0.159. The molecule has 0 saturated carbocycles. The molecule has 0 aromatic rings. The first-order valence-electron chi connectivity index (χ1n) is 19.0. The average molecular weight is 697 g/mol. The number of hydrogen-bond acceptors (Lipinski definition) is 6.